The number of anilines is 3. The number of urea groups is 1. The molecule has 0 aromatic heterocycles. The van der Waals surface area contributed by atoms with Crippen molar-refractivity contribution >= 4 is 53.0 Å². The predicted octanol–water partition coefficient (Wildman–Crippen LogP) is 4.34. The van der Waals surface area contributed by atoms with E-state index in [1.807, 2.05) is 32.9 Å². The number of alkyl halides is 3. The number of benzene rings is 3. The lowest BCUT2D eigenvalue weighted by atomic mass is 10.1. The summed E-state index contributed by atoms with van der Waals surface area (Å²) in [6, 6.07) is 15.8. The van der Waals surface area contributed by atoms with Crippen LogP contribution >= 0.6 is 0 Å². The van der Waals surface area contributed by atoms with E-state index in [-0.39, 0.29) is 42.8 Å². The molecular formula is C36H43F3N5O8+. The molecule has 0 radical (unpaired) electrons. The van der Waals surface area contributed by atoms with E-state index in [9.17, 15) is 37.5 Å². The van der Waals surface area contributed by atoms with Crippen molar-refractivity contribution in [2.24, 2.45) is 5.92 Å². The summed E-state index contributed by atoms with van der Waals surface area (Å²) in [4.78, 5) is 61.3. The molecule has 0 aliphatic carbocycles. The Morgan fingerprint density at radius 2 is 1.67 bits per heavy atom. The van der Waals surface area contributed by atoms with Gasteiger partial charge < -0.3 is 35.4 Å². The van der Waals surface area contributed by atoms with Crippen molar-refractivity contribution in [1.29, 1.82) is 0 Å². The maximum absolute atomic E-state index is 14.4. The summed E-state index contributed by atoms with van der Waals surface area (Å²) < 4.78 is 48.7. The fraction of sp³-hybridized carbons (Fsp3) is 0.361. The number of carbonyl (C=O) groups excluding carboxylic acids is 4. The zero-order valence-electron chi connectivity index (χ0n) is 29.2. The summed E-state index contributed by atoms with van der Waals surface area (Å²) in [5.41, 5.74) is 1.50. The van der Waals surface area contributed by atoms with Crippen molar-refractivity contribution in [3.63, 3.8) is 0 Å². The highest BCUT2D eigenvalue weighted by atomic mass is 19.4. The van der Waals surface area contributed by atoms with Gasteiger partial charge in [0.25, 0.3) is 12.4 Å². The lowest BCUT2D eigenvalue weighted by Crippen LogP contribution is -3.16. The van der Waals surface area contributed by atoms with E-state index in [2.05, 4.69) is 10.6 Å². The Labute approximate surface area is 299 Å². The molecule has 0 saturated carbocycles. The van der Waals surface area contributed by atoms with Crippen LogP contribution in [-0.4, -0.2) is 84.7 Å². The van der Waals surface area contributed by atoms with Crippen LogP contribution in [0.5, 0.6) is 0 Å². The van der Waals surface area contributed by atoms with E-state index in [4.69, 9.17) is 14.6 Å². The molecule has 0 spiro atoms. The van der Waals surface area contributed by atoms with E-state index >= 15 is 0 Å². The van der Waals surface area contributed by atoms with Gasteiger partial charge in [-0.15, -0.1) is 18.1 Å². The molecule has 0 fully saturated rings. The number of aryl methyl sites for hydroxylation is 1. The number of ether oxygens (including phenoxy) is 1. The van der Waals surface area contributed by atoms with Gasteiger partial charge in [-0.25, -0.2) is 9.59 Å². The molecule has 3 aromatic carbocycles. The normalized spacial score (nSPS) is 14.1. The minimum atomic E-state index is -5.06. The van der Waals surface area contributed by atoms with Gasteiger partial charge in [0.15, 0.2) is 6.29 Å². The van der Waals surface area contributed by atoms with Crippen LogP contribution in [0.15, 0.2) is 66.7 Å². The van der Waals surface area contributed by atoms with Gasteiger partial charge >= 0.3 is 18.2 Å². The lowest BCUT2D eigenvalue weighted by molar-refractivity contribution is -0.887. The first-order valence-electron chi connectivity index (χ1n) is 16.3. The largest absolute Gasteiger partial charge is 0.571 e. The van der Waals surface area contributed by atoms with Gasteiger partial charge in [0.05, 0.1) is 17.7 Å². The zero-order chi connectivity index (χ0) is 38.6. The second kappa shape index (κ2) is 18.8. The first-order valence-corrected chi connectivity index (χ1v) is 16.3. The maximum Gasteiger partial charge on any atom is 0.571 e. The Kier molecular flexibility index (Phi) is 14.8. The number of aliphatic hydroxyl groups excluding tert-OH is 1. The summed E-state index contributed by atoms with van der Waals surface area (Å²) in [6.07, 6.45) is -6.16. The molecule has 5 amide bonds. The molecule has 1 heterocycles. The summed E-state index contributed by atoms with van der Waals surface area (Å²) >= 11 is 0. The number of para-hydroxylation sites is 1. The number of nitrogens with one attached hydrogen (secondary N) is 3. The van der Waals surface area contributed by atoms with Crippen molar-refractivity contribution in [1.82, 2.24) is 4.90 Å². The Morgan fingerprint density at radius 1 is 1.02 bits per heavy atom. The molecule has 4 rings (SSSR count). The average molecular weight is 731 g/mol. The monoisotopic (exact) mass is 730 g/mol. The molecule has 3 aromatic rings. The maximum atomic E-state index is 14.4. The number of nitrogens with zero attached hydrogens (tertiary/aromatic N) is 2. The first kappa shape index (κ1) is 41.1. The standard InChI is InChI=1S/C35H40F3N5O6.CH2O2/c1-22(2)16-18-49-32(46)15-17-42-21-31(45)41(4)29-14-13-26(20-27(29)33(42)47)43(35(36,37)38)30(44)19-24-9-11-25(12-10-24)39-34(48)40-28-8-6-5-7-23(28)3;2-1-3/h5-14,20,22,32,46H,15-19,21H2,1-4H3,(H2,39,40,48);1H,(H,2,3)/p+1. The van der Waals surface area contributed by atoms with E-state index in [1.54, 1.807) is 12.1 Å². The number of amides is 5. The molecule has 0 bridgehead atoms. The van der Waals surface area contributed by atoms with Crippen molar-refractivity contribution < 1.29 is 57.0 Å². The highest BCUT2D eigenvalue weighted by Gasteiger charge is 2.49. The van der Waals surface area contributed by atoms with Crippen molar-refractivity contribution in [2.45, 2.75) is 52.6 Å². The van der Waals surface area contributed by atoms with Crippen LogP contribution in [0.25, 0.3) is 0 Å². The Morgan fingerprint density at radius 3 is 2.29 bits per heavy atom. The molecule has 1 aliphatic rings. The zero-order valence-corrected chi connectivity index (χ0v) is 29.2. The number of hydrogen-bond acceptors (Lipinski definition) is 7. The molecule has 2 atom stereocenters. The molecule has 0 saturated heterocycles. The predicted molar refractivity (Wildman–Crippen MR) is 186 cm³/mol. The molecule has 52 heavy (non-hydrogen) atoms. The summed E-state index contributed by atoms with van der Waals surface area (Å²) in [5, 5.41) is 22.5. The Balaban J connectivity index is 0.00000235. The van der Waals surface area contributed by atoms with Crippen molar-refractivity contribution in [3.8, 4) is 0 Å². The van der Waals surface area contributed by atoms with Crippen LogP contribution in [0.2, 0.25) is 0 Å². The van der Waals surface area contributed by atoms with Gasteiger partial charge in [0.1, 0.15) is 12.2 Å². The van der Waals surface area contributed by atoms with Gasteiger partial charge in [-0.2, -0.15) is 0 Å². The molecule has 13 nitrogen and oxygen atoms in total. The van der Waals surface area contributed by atoms with E-state index in [1.165, 1.54) is 42.3 Å². The average Bonchev–Trinajstić information content (AvgIpc) is 3.15. The number of carboxylic acid groups (broad SMARTS) is 1. The quantitative estimate of drug-likeness (QED) is 0.104. The molecule has 5 N–H and O–H groups in total. The third-order valence-corrected chi connectivity index (χ3v) is 8.05. The van der Waals surface area contributed by atoms with E-state index < -0.39 is 53.4 Å². The number of rotatable bonds is 12. The van der Waals surface area contributed by atoms with E-state index in [0.29, 0.717) is 30.3 Å². The number of fused-ring (bicyclic) bond motifs is 1. The van der Waals surface area contributed by atoms with Gasteiger partial charge in [-0.1, -0.05) is 44.2 Å². The molecule has 16 heteroatoms. The second-order valence-corrected chi connectivity index (χ2v) is 12.4. The first-order chi connectivity index (χ1) is 24.5. The highest BCUT2D eigenvalue weighted by Crippen LogP contribution is 2.28. The number of aliphatic hydroxyl groups is 1. The third-order valence-electron chi connectivity index (χ3n) is 8.05. The minimum absolute atomic E-state index is 0.0139. The van der Waals surface area contributed by atoms with Crippen LogP contribution in [0, 0.1) is 12.8 Å². The number of quaternary nitrogens is 1. The Bertz CT molecular complexity index is 1720. The van der Waals surface area contributed by atoms with E-state index in [0.717, 1.165) is 22.6 Å². The number of likely N-dealkylation sites (N-methyl/N-ethyl adjacent to an activating group) is 1. The van der Waals surface area contributed by atoms with Gasteiger partial charge in [0, 0.05) is 50.1 Å². The molecule has 280 valence electrons. The Hall–Kier alpha value is -5.32. The number of halogens is 3. The summed E-state index contributed by atoms with van der Waals surface area (Å²) in [6.45, 7) is 5.45. The van der Waals surface area contributed by atoms with Gasteiger partial charge in [0.2, 0.25) is 5.91 Å². The minimum Gasteiger partial charge on any atom is -0.483 e. The van der Waals surface area contributed by atoms with Crippen LogP contribution in [0.1, 0.15) is 48.2 Å². The van der Waals surface area contributed by atoms with Crippen LogP contribution < -0.4 is 20.4 Å². The van der Waals surface area contributed by atoms with Crippen LogP contribution in [0.4, 0.5) is 40.7 Å². The summed E-state index contributed by atoms with van der Waals surface area (Å²) in [7, 11) is 1.41. The number of carbonyl (C=O) groups is 5. The molecule has 1 aliphatic heterocycles. The highest BCUT2D eigenvalue weighted by molar-refractivity contribution is 6.09. The summed E-state index contributed by atoms with van der Waals surface area (Å²) in [5.74, 6) is -2.06. The van der Waals surface area contributed by atoms with Gasteiger partial charge in [-0.3, -0.25) is 14.4 Å². The lowest BCUT2D eigenvalue weighted by Gasteiger charge is -2.22. The SMILES string of the molecule is Cc1ccccc1NC(=O)Nc1ccc(CC(=O)[NH+](c2ccc3c(c2)C(=O)N(CCC(O)OCCC(C)C)CC(=O)N3C)C(F)(F)F)cc1.O=CO. The van der Waals surface area contributed by atoms with Gasteiger partial charge in [-0.05, 0) is 54.7 Å². The molecule has 2 unspecified atom stereocenters. The topological polar surface area (TPSA) is 170 Å². The fourth-order valence-electron chi connectivity index (χ4n) is 5.23. The smallest absolute Gasteiger partial charge is 0.483 e. The second-order valence-electron chi connectivity index (χ2n) is 12.4. The third kappa shape index (κ3) is 11.6. The number of hydrogen-bond donors (Lipinski definition) is 5. The fourth-order valence-corrected chi connectivity index (χ4v) is 5.23. The molecular weight excluding hydrogens is 687 g/mol. The van der Waals surface area contributed by atoms with Crippen LogP contribution in [0.3, 0.4) is 0 Å². The van der Waals surface area contributed by atoms with Crippen molar-refractivity contribution in [3.05, 3.63) is 83.4 Å². The van der Waals surface area contributed by atoms with Crippen molar-refractivity contribution in [2.75, 3.05) is 42.3 Å². The van der Waals surface area contributed by atoms with Crippen LogP contribution in [-0.2, 0) is 25.5 Å².